The van der Waals surface area contributed by atoms with Gasteiger partial charge >= 0.3 is 11.7 Å². The minimum Gasteiger partial charge on any atom is -0.486 e. The van der Waals surface area contributed by atoms with E-state index in [1.54, 1.807) is 26.0 Å². The summed E-state index contributed by atoms with van der Waals surface area (Å²) in [4.78, 5) is 21.7. The van der Waals surface area contributed by atoms with Crippen molar-refractivity contribution in [2.24, 2.45) is 5.41 Å². The third kappa shape index (κ3) is 3.19. The van der Waals surface area contributed by atoms with Gasteiger partial charge in [-0.2, -0.15) is 0 Å². The molecule has 0 radical (unpaired) electrons. The first-order chi connectivity index (χ1) is 8.38. The van der Waals surface area contributed by atoms with Crippen molar-refractivity contribution < 1.29 is 19.2 Å². The highest BCUT2D eigenvalue weighted by Crippen LogP contribution is 2.28. The second-order valence-electron chi connectivity index (χ2n) is 4.39. The molecule has 0 fully saturated rings. The number of hydrogen-bond donors (Lipinski definition) is 0. The molecule has 0 aromatic heterocycles. The lowest BCUT2D eigenvalue weighted by molar-refractivity contribution is -0.385. The number of nitro benzene ring substituents is 1. The highest BCUT2D eigenvalue weighted by molar-refractivity contribution is 5.75. The molecule has 0 amide bonds. The number of carbonyl (C=O) groups is 1. The standard InChI is InChI=1S/C12H15NO5/c1-12(2,11(14)17-3)8-18-10-7-5-4-6-9(10)13(15)16/h4-7H,8H2,1-3H3. The monoisotopic (exact) mass is 253 g/mol. The first kappa shape index (κ1) is 14.0. The first-order valence-electron chi connectivity index (χ1n) is 5.33. The van der Waals surface area contributed by atoms with Crippen LogP contribution in [0.15, 0.2) is 24.3 Å². The van der Waals surface area contributed by atoms with E-state index in [-0.39, 0.29) is 18.0 Å². The molecule has 0 saturated heterocycles. The van der Waals surface area contributed by atoms with Crippen LogP contribution in [0.2, 0.25) is 0 Å². The Bertz CT molecular complexity index is 456. The summed E-state index contributed by atoms with van der Waals surface area (Å²) in [7, 11) is 1.29. The number of rotatable bonds is 5. The Morgan fingerprint density at radius 3 is 2.56 bits per heavy atom. The quantitative estimate of drug-likeness (QED) is 0.456. The minimum atomic E-state index is -0.863. The van der Waals surface area contributed by atoms with E-state index < -0.39 is 16.3 Å². The van der Waals surface area contributed by atoms with E-state index in [0.29, 0.717) is 0 Å². The number of methoxy groups -OCH3 is 1. The average molecular weight is 253 g/mol. The van der Waals surface area contributed by atoms with E-state index in [1.165, 1.54) is 19.2 Å². The van der Waals surface area contributed by atoms with Gasteiger partial charge in [-0.3, -0.25) is 14.9 Å². The van der Waals surface area contributed by atoms with E-state index in [2.05, 4.69) is 4.74 Å². The Kier molecular flexibility index (Phi) is 4.25. The van der Waals surface area contributed by atoms with Gasteiger partial charge in [-0.15, -0.1) is 0 Å². The number of carbonyl (C=O) groups excluding carboxylic acids is 1. The molecular formula is C12H15NO5. The molecule has 6 heteroatoms. The lowest BCUT2D eigenvalue weighted by atomic mass is 9.95. The van der Waals surface area contributed by atoms with Crippen molar-refractivity contribution in [3.63, 3.8) is 0 Å². The fourth-order valence-electron chi connectivity index (χ4n) is 1.32. The molecule has 0 bridgehead atoms. The Labute approximate surface area is 105 Å². The second kappa shape index (κ2) is 5.48. The highest BCUT2D eigenvalue weighted by atomic mass is 16.6. The maximum atomic E-state index is 11.4. The van der Waals surface area contributed by atoms with Crippen LogP contribution in [0.3, 0.4) is 0 Å². The average Bonchev–Trinajstić information content (AvgIpc) is 2.35. The van der Waals surface area contributed by atoms with Crippen molar-refractivity contribution in [3.8, 4) is 5.75 Å². The number of ether oxygens (including phenoxy) is 2. The summed E-state index contributed by atoms with van der Waals surface area (Å²) >= 11 is 0. The molecule has 0 atom stereocenters. The van der Waals surface area contributed by atoms with Crippen LogP contribution in [0.1, 0.15) is 13.8 Å². The van der Waals surface area contributed by atoms with Gasteiger partial charge in [-0.1, -0.05) is 12.1 Å². The zero-order valence-corrected chi connectivity index (χ0v) is 10.5. The zero-order chi connectivity index (χ0) is 13.8. The Morgan fingerprint density at radius 1 is 1.39 bits per heavy atom. The summed E-state index contributed by atoms with van der Waals surface area (Å²) in [6.45, 7) is 3.30. The fraction of sp³-hybridized carbons (Fsp3) is 0.417. The van der Waals surface area contributed by atoms with Gasteiger partial charge in [-0.05, 0) is 19.9 Å². The summed E-state index contributed by atoms with van der Waals surface area (Å²) < 4.78 is 9.97. The van der Waals surface area contributed by atoms with Gasteiger partial charge in [0.1, 0.15) is 6.61 Å². The maximum Gasteiger partial charge on any atom is 0.314 e. The molecule has 0 N–H and O–H groups in total. The molecule has 1 rings (SSSR count). The molecule has 6 nitrogen and oxygen atoms in total. The summed E-state index contributed by atoms with van der Waals surface area (Å²) in [5.74, 6) is -0.291. The van der Waals surface area contributed by atoms with Gasteiger partial charge in [0.25, 0.3) is 0 Å². The third-order valence-electron chi connectivity index (χ3n) is 2.39. The lowest BCUT2D eigenvalue weighted by Gasteiger charge is -2.21. The molecule has 0 unspecified atom stereocenters. The van der Waals surface area contributed by atoms with Gasteiger partial charge in [0.15, 0.2) is 5.75 Å². The van der Waals surface area contributed by atoms with Crippen LogP contribution in [-0.4, -0.2) is 24.6 Å². The van der Waals surface area contributed by atoms with Gasteiger partial charge in [0.2, 0.25) is 0 Å². The molecule has 0 spiro atoms. The van der Waals surface area contributed by atoms with Crippen molar-refractivity contribution in [2.45, 2.75) is 13.8 Å². The fourth-order valence-corrected chi connectivity index (χ4v) is 1.32. The van der Waals surface area contributed by atoms with Gasteiger partial charge < -0.3 is 9.47 Å². The van der Waals surface area contributed by atoms with Crippen LogP contribution < -0.4 is 4.74 Å². The topological polar surface area (TPSA) is 78.7 Å². The SMILES string of the molecule is COC(=O)C(C)(C)COc1ccccc1[N+](=O)[O-]. The first-order valence-corrected chi connectivity index (χ1v) is 5.33. The summed E-state index contributed by atoms with van der Waals surface area (Å²) in [6, 6.07) is 6.02. The van der Waals surface area contributed by atoms with Gasteiger partial charge in [-0.25, -0.2) is 0 Å². The molecule has 0 aliphatic heterocycles. The molecule has 0 aliphatic rings. The van der Waals surface area contributed by atoms with Crippen LogP contribution in [0.5, 0.6) is 5.75 Å². The predicted molar refractivity (Wildman–Crippen MR) is 64.4 cm³/mol. The Morgan fingerprint density at radius 2 is 2.00 bits per heavy atom. The molecule has 0 aliphatic carbocycles. The Hall–Kier alpha value is -2.11. The van der Waals surface area contributed by atoms with E-state index in [0.717, 1.165) is 0 Å². The van der Waals surface area contributed by atoms with E-state index in [4.69, 9.17) is 4.74 Å². The maximum absolute atomic E-state index is 11.4. The third-order valence-corrected chi connectivity index (χ3v) is 2.39. The smallest absolute Gasteiger partial charge is 0.314 e. The zero-order valence-electron chi connectivity index (χ0n) is 10.5. The minimum absolute atomic E-state index is 0.00449. The summed E-state index contributed by atoms with van der Waals surface area (Å²) in [5, 5.41) is 10.8. The molecule has 1 aromatic rings. The van der Waals surface area contributed by atoms with Crippen molar-refractivity contribution in [1.29, 1.82) is 0 Å². The lowest BCUT2D eigenvalue weighted by Crippen LogP contribution is -2.32. The van der Waals surface area contributed by atoms with Crippen LogP contribution >= 0.6 is 0 Å². The second-order valence-corrected chi connectivity index (χ2v) is 4.39. The number of benzene rings is 1. The van der Waals surface area contributed by atoms with Crippen molar-refractivity contribution in [2.75, 3.05) is 13.7 Å². The molecule has 1 aromatic carbocycles. The summed E-state index contributed by atoms with van der Waals surface area (Å²) in [6.07, 6.45) is 0. The van der Waals surface area contributed by atoms with Crippen LogP contribution in [0.4, 0.5) is 5.69 Å². The van der Waals surface area contributed by atoms with Gasteiger partial charge in [0, 0.05) is 6.07 Å². The van der Waals surface area contributed by atoms with Crippen molar-refractivity contribution in [3.05, 3.63) is 34.4 Å². The number of para-hydroxylation sites is 2. The predicted octanol–water partition coefficient (Wildman–Crippen LogP) is 2.17. The highest BCUT2D eigenvalue weighted by Gasteiger charge is 2.30. The molecular weight excluding hydrogens is 238 g/mol. The number of hydrogen-bond acceptors (Lipinski definition) is 5. The molecule has 0 heterocycles. The largest absolute Gasteiger partial charge is 0.486 e. The molecule has 0 saturated carbocycles. The van der Waals surface area contributed by atoms with E-state index in [1.807, 2.05) is 0 Å². The van der Waals surface area contributed by atoms with Crippen LogP contribution in [0, 0.1) is 15.5 Å². The molecule has 98 valence electrons. The van der Waals surface area contributed by atoms with Crippen molar-refractivity contribution >= 4 is 11.7 Å². The normalized spacial score (nSPS) is 10.8. The van der Waals surface area contributed by atoms with Crippen molar-refractivity contribution in [1.82, 2.24) is 0 Å². The number of nitro groups is 1. The van der Waals surface area contributed by atoms with E-state index >= 15 is 0 Å². The number of esters is 1. The van der Waals surface area contributed by atoms with Gasteiger partial charge in [0.05, 0.1) is 17.4 Å². The van der Waals surface area contributed by atoms with E-state index in [9.17, 15) is 14.9 Å². The Balaban J connectivity index is 2.81. The van der Waals surface area contributed by atoms with Crippen LogP contribution in [-0.2, 0) is 9.53 Å². The van der Waals surface area contributed by atoms with Crippen LogP contribution in [0.25, 0.3) is 0 Å². The molecule has 18 heavy (non-hydrogen) atoms. The number of nitrogens with zero attached hydrogens (tertiary/aromatic N) is 1. The summed E-state index contributed by atoms with van der Waals surface area (Å²) in [5.41, 5.74) is -0.989.